The third kappa shape index (κ3) is 3.56. The zero-order valence-corrected chi connectivity index (χ0v) is 17.2. The van der Waals surface area contributed by atoms with Crippen molar-refractivity contribution in [3.8, 4) is 10.9 Å². The first-order valence-electron chi connectivity index (χ1n) is 8.22. The Bertz CT molecular complexity index is 1200. The van der Waals surface area contributed by atoms with Gasteiger partial charge in [0.2, 0.25) is 5.13 Å². The van der Waals surface area contributed by atoms with Crippen molar-refractivity contribution in [2.75, 3.05) is 12.4 Å². The fraction of sp³-hybridized carbons (Fsp3) is 0.105. The number of nitrogens with one attached hydrogen (secondary N) is 1. The van der Waals surface area contributed by atoms with Gasteiger partial charge in [-0.15, -0.1) is 0 Å². The van der Waals surface area contributed by atoms with Crippen LogP contribution in [0.25, 0.3) is 15.3 Å². The van der Waals surface area contributed by atoms with Crippen LogP contribution >= 0.6 is 34.5 Å². The Kier molecular flexibility index (Phi) is 4.97. The van der Waals surface area contributed by atoms with Crippen LogP contribution in [0.3, 0.4) is 0 Å². The van der Waals surface area contributed by atoms with Crippen molar-refractivity contribution in [3.05, 3.63) is 63.8 Å². The highest BCUT2D eigenvalue weighted by molar-refractivity contribution is 7.20. The second kappa shape index (κ2) is 7.43. The molecule has 0 radical (unpaired) electrons. The SMILES string of the molecule is COc1ccc2nc(-n3nc(C)cc3NC(=O)c3ccc(Cl)cc3Cl)sc2c1. The zero-order valence-electron chi connectivity index (χ0n) is 14.9. The summed E-state index contributed by atoms with van der Waals surface area (Å²) in [5.41, 5.74) is 1.90. The Morgan fingerprint density at radius 1 is 1.18 bits per heavy atom. The van der Waals surface area contributed by atoms with Crippen molar-refractivity contribution in [1.82, 2.24) is 14.8 Å². The average molecular weight is 433 g/mol. The number of nitrogens with zero attached hydrogens (tertiary/aromatic N) is 3. The van der Waals surface area contributed by atoms with Gasteiger partial charge in [0.05, 0.1) is 33.6 Å². The molecular weight excluding hydrogens is 419 g/mol. The highest BCUT2D eigenvalue weighted by atomic mass is 35.5. The molecule has 2 heterocycles. The normalized spacial score (nSPS) is 11.0. The fourth-order valence-electron chi connectivity index (χ4n) is 2.70. The van der Waals surface area contributed by atoms with Crippen molar-refractivity contribution in [2.24, 2.45) is 0 Å². The van der Waals surface area contributed by atoms with E-state index in [4.69, 9.17) is 27.9 Å². The molecule has 1 N–H and O–H groups in total. The lowest BCUT2D eigenvalue weighted by atomic mass is 10.2. The minimum atomic E-state index is -0.356. The molecule has 0 unspecified atom stereocenters. The molecule has 28 heavy (non-hydrogen) atoms. The fourth-order valence-corrected chi connectivity index (χ4v) is 4.16. The summed E-state index contributed by atoms with van der Waals surface area (Å²) in [5, 5.41) is 8.69. The molecule has 142 valence electrons. The smallest absolute Gasteiger partial charge is 0.258 e. The van der Waals surface area contributed by atoms with E-state index in [-0.39, 0.29) is 10.9 Å². The molecule has 2 aromatic carbocycles. The van der Waals surface area contributed by atoms with Crippen molar-refractivity contribution in [2.45, 2.75) is 6.92 Å². The second-order valence-corrected chi connectivity index (χ2v) is 7.84. The number of carbonyl (C=O) groups excluding carboxylic acids is 1. The molecule has 0 bridgehead atoms. The van der Waals surface area contributed by atoms with E-state index >= 15 is 0 Å². The van der Waals surface area contributed by atoms with E-state index < -0.39 is 0 Å². The number of hydrogen-bond donors (Lipinski definition) is 1. The molecule has 0 atom stereocenters. The number of carbonyl (C=O) groups is 1. The lowest BCUT2D eigenvalue weighted by Gasteiger charge is -2.08. The van der Waals surface area contributed by atoms with Gasteiger partial charge in [0.25, 0.3) is 5.91 Å². The van der Waals surface area contributed by atoms with Crippen LogP contribution < -0.4 is 10.1 Å². The summed E-state index contributed by atoms with van der Waals surface area (Å²) in [5.74, 6) is 0.899. The highest BCUT2D eigenvalue weighted by Gasteiger charge is 2.17. The number of hydrogen-bond acceptors (Lipinski definition) is 5. The van der Waals surface area contributed by atoms with Crippen molar-refractivity contribution >= 4 is 56.5 Å². The average Bonchev–Trinajstić information content (AvgIpc) is 3.23. The van der Waals surface area contributed by atoms with Gasteiger partial charge in [0, 0.05) is 11.1 Å². The van der Waals surface area contributed by atoms with Crippen LogP contribution in [0.15, 0.2) is 42.5 Å². The number of rotatable bonds is 4. The number of aryl methyl sites for hydroxylation is 1. The summed E-state index contributed by atoms with van der Waals surface area (Å²) >= 11 is 13.5. The van der Waals surface area contributed by atoms with Crippen LogP contribution in [0.2, 0.25) is 10.0 Å². The second-order valence-electron chi connectivity index (χ2n) is 5.99. The maximum absolute atomic E-state index is 12.7. The first-order valence-corrected chi connectivity index (χ1v) is 9.80. The summed E-state index contributed by atoms with van der Waals surface area (Å²) in [6.45, 7) is 1.85. The first kappa shape index (κ1) is 18.7. The van der Waals surface area contributed by atoms with Crippen LogP contribution in [-0.4, -0.2) is 27.8 Å². The van der Waals surface area contributed by atoms with Gasteiger partial charge in [0.1, 0.15) is 11.6 Å². The number of halogens is 2. The van der Waals surface area contributed by atoms with Gasteiger partial charge in [-0.25, -0.2) is 4.98 Å². The number of fused-ring (bicyclic) bond motifs is 1. The van der Waals surface area contributed by atoms with Gasteiger partial charge in [-0.2, -0.15) is 9.78 Å². The van der Waals surface area contributed by atoms with E-state index in [9.17, 15) is 4.79 Å². The summed E-state index contributed by atoms with van der Waals surface area (Å²) < 4.78 is 7.83. The van der Waals surface area contributed by atoms with Gasteiger partial charge in [-0.3, -0.25) is 4.79 Å². The molecule has 0 saturated heterocycles. The van der Waals surface area contributed by atoms with Crippen molar-refractivity contribution in [3.63, 3.8) is 0 Å². The molecule has 6 nitrogen and oxygen atoms in total. The van der Waals surface area contributed by atoms with Crippen molar-refractivity contribution in [1.29, 1.82) is 0 Å². The van der Waals surface area contributed by atoms with Gasteiger partial charge >= 0.3 is 0 Å². The van der Waals surface area contributed by atoms with E-state index in [0.717, 1.165) is 21.7 Å². The Morgan fingerprint density at radius 2 is 2.00 bits per heavy atom. The van der Waals surface area contributed by atoms with Crippen LogP contribution in [0.5, 0.6) is 5.75 Å². The van der Waals surface area contributed by atoms with Gasteiger partial charge in [0.15, 0.2) is 0 Å². The van der Waals surface area contributed by atoms with Crippen LogP contribution in [0.1, 0.15) is 16.1 Å². The van der Waals surface area contributed by atoms with Gasteiger partial charge < -0.3 is 10.1 Å². The standard InChI is InChI=1S/C19H14Cl2N4O2S/c1-10-7-17(23-18(26)13-5-3-11(20)8-14(13)21)25(24-10)19-22-15-6-4-12(27-2)9-16(15)28-19/h3-9H,1-2H3,(H,23,26). The Morgan fingerprint density at radius 3 is 2.75 bits per heavy atom. The summed E-state index contributed by atoms with van der Waals surface area (Å²) in [4.78, 5) is 17.3. The molecule has 4 rings (SSSR count). The largest absolute Gasteiger partial charge is 0.497 e. The maximum Gasteiger partial charge on any atom is 0.258 e. The van der Waals surface area contributed by atoms with Crippen molar-refractivity contribution < 1.29 is 9.53 Å². The van der Waals surface area contributed by atoms with E-state index in [0.29, 0.717) is 21.5 Å². The summed E-state index contributed by atoms with van der Waals surface area (Å²) in [6, 6.07) is 12.2. The van der Waals surface area contributed by atoms with Crippen LogP contribution in [0, 0.1) is 6.92 Å². The summed E-state index contributed by atoms with van der Waals surface area (Å²) in [7, 11) is 1.62. The highest BCUT2D eigenvalue weighted by Crippen LogP contribution is 2.30. The topological polar surface area (TPSA) is 69.0 Å². The van der Waals surface area contributed by atoms with E-state index in [1.807, 2.05) is 25.1 Å². The molecule has 2 aromatic heterocycles. The molecule has 0 aliphatic heterocycles. The van der Waals surface area contributed by atoms with E-state index in [2.05, 4.69) is 15.4 Å². The number of thiazole rings is 1. The molecule has 0 saturated carbocycles. The molecule has 0 aliphatic rings. The molecule has 4 aromatic rings. The molecule has 0 fully saturated rings. The Hall–Kier alpha value is -2.61. The number of anilines is 1. The number of aromatic nitrogens is 3. The minimum absolute atomic E-state index is 0.278. The van der Waals surface area contributed by atoms with Crippen LogP contribution in [-0.2, 0) is 0 Å². The quantitative estimate of drug-likeness (QED) is 0.471. The number of methoxy groups -OCH3 is 1. The third-order valence-corrected chi connectivity index (χ3v) is 5.56. The molecule has 9 heteroatoms. The first-order chi connectivity index (χ1) is 13.4. The van der Waals surface area contributed by atoms with E-state index in [1.54, 1.807) is 30.0 Å². The molecule has 1 amide bonds. The van der Waals surface area contributed by atoms with Crippen LogP contribution in [0.4, 0.5) is 5.82 Å². The molecule has 0 aliphatic carbocycles. The predicted octanol–water partition coefficient (Wildman–Crippen LogP) is 5.36. The Labute approximate surface area is 174 Å². The predicted molar refractivity (Wildman–Crippen MR) is 112 cm³/mol. The zero-order chi connectivity index (χ0) is 19.8. The monoisotopic (exact) mass is 432 g/mol. The summed E-state index contributed by atoms with van der Waals surface area (Å²) in [6.07, 6.45) is 0. The Balaban J connectivity index is 1.70. The molecular formula is C19H14Cl2N4O2S. The lowest BCUT2D eigenvalue weighted by molar-refractivity contribution is 0.102. The molecule has 0 spiro atoms. The van der Waals surface area contributed by atoms with Gasteiger partial charge in [-0.1, -0.05) is 34.5 Å². The van der Waals surface area contributed by atoms with Gasteiger partial charge in [-0.05, 0) is 43.3 Å². The van der Waals surface area contributed by atoms with E-state index in [1.165, 1.54) is 17.4 Å². The third-order valence-electron chi connectivity index (χ3n) is 4.01. The minimum Gasteiger partial charge on any atom is -0.497 e. The number of benzene rings is 2. The lowest BCUT2D eigenvalue weighted by Crippen LogP contribution is -2.15. The number of ether oxygens (including phenoxy) is 1. The number of amides is 1. The maximum atomic E-state index is 12.7.